The van der Waals surface area contributed by atoms with Crippen LogP contribution in [0.15, 0.2) is 23.2 Å². The molecule has 2 rings (SSSR count). The van der Waals surface area contributed by atoms with E-state index in [1.807, 2.05) is 0 Å². The Bertz CT molecular complexity index is 552. The molecule has 19 heavy (non-hydrogen) atoms. The molecule has 1 aliphatic rings. The molecule has 0 bridgehead atoms. The normalized spacial score (nSPS) is 20.4. The first-order valence-corrected chi connectivity index (χ1v) is 8.31. The second kappa shape index (κ2) is 5.38. The molecule has 0 saturated carbocycles. The molecule has 1 aliphatic heterocycles. The van der Waals surface area contributed by atoms with Crippen LogP contribution in [0.25, 0.3) is 0 Å². The first-order chi connectivity index (χ1) is 8.87. The molecule has 0 unspecified atom stereocenters. The molecule has 1 saturated heterocycles. The summed E-state index contributed by atoms with van der Waals surface area (Å²) in [7, 11) is -3.43. The summed E-state index contributed by atoms with van der Waals surface area (Å²) in [5.41, 5.74) is 0.266. The van der Waals surface area contributed by atoms with Gasteiger partial charge in [-0.3, -0.25) is 0 Å². The molecule has 0 amide bonds. The van der Waals surface area contributed by atoms with Gasteiger partial charge in [0.25, 0.3) is 0 Å². The van der Waals surface area contributed by atoms with Crippen LogP contribution in [0, 0.1) is 5.41 Å². The first kappa shape index (κ1) is 14.8. The predicted octanol–water partition coefficient (Wildman–Crippen LogP) is 2.94. The Morgan fingerprint density at radius 1 is 1.42 bits per heavy atom. The number of pyridine rings is 1. The Kier molecular flexibility index (Phi) is 4.18. The Hall–Kier alpha value is -0.650. The van der Waals surface area contributed by atoms with Gasteiger partial charge in [0.15, 0.2) is 0 Å². The SMILES string of the molecule is CCC1(C)CCN(S(=O)(=O)c2ccnc(Cl)c2)CC1. The molecule has 1 fully saturated rings. The summed E-state index contributed by atoms with van der Waals surface area (Å²) in [5, 5.41) is 0.205. The predicted molar refractivity (Wildman–Crippen MR) is 75.6 cm³/mol. The molecule has 1 aromatic heterocycles. The Balaban J connectivity index is 2.19. The summed E-state index contributed by atoms with van der Waals surface area (Å²) in [4.78, 5) is 4.05. The summed E-state index contributed by atoms with van der Waals surface area (Å²) in [5.74, 6) is 0. The third kappa shape index (κ3) is 3.09. The van der Waals surface area contributed by atoms with Gasteiger partial charge in [-0.05, 0) is 30.4 Å². The van der Waals surface area contributed by atoms with Crippen molar-refractivity contribution >= 4 is 21.6 Å². The van der Waals surface area contributed by atoms with Crippen molar-refractivity contribution in [2.45, 2.75) is 38.0 Å². The number of nitrogens with zero attached hydrogens (tertiary/aromatic N) is 2. The van der Waals surface area contributed by atoms with E-state index in [1.54, 1.807) is 4.31 Å². The van der Waals surface area contributed by atoms with Crippen LogP contribution in [0.2, 0.25) is 5.15 Å². The molecule has 6 heteroatoms. The molecule has 0 N–H and O–H groups in total. The number of rotatable bonds is 3. The molecule has 1 aromatic rings. The second-order valence-corrected chi connectivity index (χ2v) is 7.71. The van der Waals surface area contributed by atoms with E-state index in [9.17, 15) is 8.42 Å². The van der Waals surface area contributed by atoms with Crippen molar-refractivity contribution < 1.29 is 8.42 Å². The number of piperidine rings is 1. The Morgan fingerprint density at radius 3 is 2.58 bits per heavy atom. The number of sulfonamides is 1. The average molecular weight is 303 g/mol. The van der Waals surface area contributed by atoms with Crippen molar-refractivity contribution in [3.8, 4) is 0 Å². The van der Waals surface area contributed by atoms with Gasteiger partial charge in [-0.25, -0.2) is 13.4 Å². The van der Waals surface area contributed by atoms with E-state index in [4.69, 9.17) is 11.6 Å². The van der Waals surface area contributed by atoms with Crippen LogP contribution >= 0.6 is 11.6 Å². The van der Waals surface area contributed by atoms with Crippen LogP contribution in [0.3, 0.4) is 0 Å². The molecule has 2 heterocycles. The summed E-state index contributed by atoms with van der Waals surface area (Å²) in [6.45, 7) is 5.53. The first-order valence-electron chi connectivity index (χ1n) is 6.49. The van der Waals surface area contributed by atoms with E-state index in [-0.39, 0.29) is 15.5 Å². The van der Waals surface area contributed by atoms with Crippen LogP contribution in [0.5, 0.6) is 0 Å². The van der Waals surface area contributed by atoms with Gasteiger partial charge < -0.3 is 0 Å². The Labute approximate surface area is 119 Å². The van der Waals surface area contributed by atoms with Crippen molar-refractivity contribution in [2.24, 2.45) is 5.41 Å². The highest BCUT2D eigenvalue weighted by Crippen LogP contribution is 2.35. The van der Waals surface area contributed by atoms with Crippen LogP contribution in [0.1, 0.15) is 33.1 Å². The standard InChI is InChI=1S/C13H19ClN2O2S/c1-3-13(2)5-8-16(9-6-13)19(17,18)11-4-7-15-12(14)10-11/h4,7,10H,3,5-6,8-9H2,1-2H3. The number of hydrogen-bond donors (Lipinski definition) is 0. The highest BCUT2D eigenvalue weighted by molar-refractivity contribution is 7.89. The molecular formula is C13H19ClN2O2S. The molecule has 0 aliphatic carbocycles. The topological polar surface area (TPSA) is 50.3 Å². The Morgan fingerprint density at radius 2 is 2.05 bits per heavy atom. The van der Waals surface area contributed by atoms with Gasteiger partial charge in [-0.2, -0.15) is 4.31 Å². The monoisotopic (exact) mass is 302 g/mol. The highest BCUT2D eigenvalue weighted by atomic mass is 35.5. The van der Waals surface area contributed by atoms with Crippen molar-refractivity contribution in [1.82, 2.24) is 9.29 Å². The quantitative estimate of drug-likeness (QED) is 0.807. The zero-order chi connectivity index (χ0) is 14.1. The largest absolute Gasteiger partial charge is 0.244 e. The molecule has 0 aromatic carbocycles. The molecule has 0 radical (unpaired) electrons. The molecular weight excluding hydrogens is 284 g/mol. The van der Waals surface area contributed by atoms with Gasteiger partial charge in [0.2, 0.25) is 10.0 Å². The minimum atomic E-state index is -3.43. The molecule has 0 atom stereocenters. The zero-order valence-corrected chi connectivity index (χ0v) is 12.8. The van der Waals surface area contributed by atoms with Gasteiger partial charge in [0.1, 0.15) is 5.15 Å². The fourth-order valence-electron chi connectivity index (χ4n) is 2.31. The van der Waals surface area contributed by atoms with Gasteiger partial charge in [-0.15, -0.1) is 0 Å². The van der Waals surface area contributed by atoms with Crippen LogP contribution in [-0.2, 0) is 10.0 Å². The van der Waals surface area contributed by atoms with Crippen molar-refractivity contribution in [2.75, 3.05) is 13.1 Å². The summed E-state index contributed by atoms with van der Waals surface area (Å²) >= 11 is 5.76. The molecule has 106 valence electrons. The van der Waals surface area contributed by atoms with Gasteiger partial charge in [0, 0.05) is 19.3 Å². The van der Waals surface area contributed by atoms with Crippen LogP contribution in [-0.4, -0.2) is 30.8 Å². The van der Waals surface area contributed by atoms with E-state index < -0.39 is 10.0 Å². The maximum atomic E-state index is 12.5. The third-order valence-corrected chi connectivity index (χ3v) is 6.22. The summed E-state index contributed by atoms with van der Waals surface area (Å²) in [6.07, 6.45) is 4.32. The fraction of sp³-hybridized carbons (Fsp3) is 0.615. The lowest BCUT2D eigenvalue weighted by Gasteiger charge is -2.38. The fourth-order valence-corrected chi connectivity index (χ4v) is 4.01. The van der Waals surface area contributed by atoms with E-state index in [0.717, 1.165) is 19.3 Å². The second-order valence-electron chi connectivity index (χ2n) is 5.38. The van der Waals surface area contributed by atoms with Crippen molar-refractivity contribution in [1.29, 1.82) is 0 Å². The maximum absolute atomic E-state index is 12.5. The minimum Gasteiger partial charge on any atom is -0.244 e. The van der Waals surface area contributed by atoms with E-state index in [0.29, 0.717) is 13.1 Å². The molecule has 4 nitrogen and oxygen atoms in total. The van der Waals surface area contributed by atoms with Crippen molar-refractivity contribution in [3.63, 3.8) is 0 Å². The van der Waals surface area contributed by atoms with Gasteiger partial charge in [0.05, 0.1) is 4.90 Å². The van der Waals surface area contributed by atoms with Crippen LogP contribution in [0.4, 0.5) is 0 Å². The van der Waals surface area contributed by atoms with E-state index >= 15 is 0 Å². The van der Waals surface area contributed by atoms with E-state index in [2.05, 4.69) is 18.8 Å². The third-order valence-electron chi connectivity index (χ3n) is 4.12. The number of aromatic nitrogens is 1. The average Bonchev–Trinajstić information content (AvgIpc) is 2.39. The lowest BCUT2D eigenvalue weighted by Crippen LogP contribution is -2.41. The number of hydrogen-bond acceptors (Lipinski definition) is 3. The number of halogens is 1. The van der Waals surface area contributed by atoms with E-state index in [1.165, 1.54) is 18.3 Å². The lowest BCUT2D eigenvalue weighted by atomic mass is 9.79. The molecule has 0 spiro atoms. The van der Waals surface area contributed by atoms with Gasteiger partial charge in [-0.1, -0.05) is 31.9 Å². The smallest absolute Gasteiger partial charge is 0.243 e. The van der Waals surface area contributed by atoms with Gasteiger partial charge >= 0.3 is 0 Å². The maximum Gasteiger partial charge on any atom is 0.243 e. The minimum absolute atomic E-state index is 0.205. The lowest BCUT2D eigenvalue weighted by molar-refractivity contribution is 0.169. The van der Waals surface area contributed by atoms with Crippen molar-refractivity contribution in [3.05, 3.63) is 23.5 Å². The highest BCUT2D eigenvalue weighted by Gasteiger charge is 2.34. The summed E-state index contributed by atoms with van der Waals surface area (Å²) in [6, 6.07) is 2.90. The summed E-state index contributed by atoms with van der Waals surface area (Å²) < 4.78 is 26.5. The van der Waals surface area contributed by atoms with Crippen LogP contribution < -0.4 is 0 Å². The zero-order valence-electron chi connectivity index (χ0n) is 11.3.